The zero-order chi connectivity index (χ0) is 23.3. The number of carbonyl (C=O) groups is 1. The van der Waals surface area contributed by atoms with Crippen LogP contribution in [0.3, 0.4) is 0 Å². The number of sulfonamides is 1. The molecule has 3 rings (SSSR count). The molecule has 1 aliphatic rings. The zero-order valence-corrected chi connectivity index (χ0v) is 19.0. The Morgan fingerprint density at radius 1 is 1.25 bits per heavy atom. The van der Waals surface area contributed by atoms with Gasteiger partial charge in [-0.2, -0.15) is 4.31 Å². The number of carbonyl (C=O) groups excluding carboxylic acids is 1. The standard InChI is InChI=1S/C21H28N4O6S/c1-22-12-3-5-19(22)15-24(17-6-7-17)21(26)16-23(13-4-14-31-2)32(29,30)20-10-8-18(9-11-20)25(27)28/h3,5,8-12,17H,4,6-7,13-16H2,1-2H3. The number of methoxy groups -OCH3 is 1. The van der Waals surface area contributed by atoms with Crippen LogP contribution >= 0.6 is 0 Å². The van der Waals surface area contributed by atoms with Crippen LogP contribution in [0.5, 0.6) is 0 Å². The summed E-state index contributed by atoms with van der Waals surface area (Å²) in [5.74, 6) is -0.267. The smallest absolute Gasteiger partial charge is 0.269 e. The molecule has 0 aliphatic heterocycles. The van der Waals surface area contributed by atoms with Gasteiger partial charge in [-0.1, -0.05) is 0 Å². The average molecular weight is 465 g/mol. The van der Waals surface area contributed by atoms with Crippen molar-refractivity contribution >= 4 is 21.6 Å². The molecule has 174 valence electrons. The van der Waals surface area contributed by atoms with E-state index in [1.165, 1.54) is 19.2 Å². The summed E-state index contributed by atoms with van der Waals surface area (Å²) in [6.07, 6.45) is 4.11. The van der Waals surface area contributed by atoms with Gasteiger partial charge >= 0.3 is 0 Å². The molecule has 1 aliphatic carbocycles. The van der Waals surface area contributed by atoms with Crippen molar-refractivity contribution in [1.29, 1.82) is 0 Å². The van der Waals surface area contributed by atoms with Crippen molar-refractivity contribution in [3.63, 3.8) is 0 Å². The Hall–Kier alpha value is -2.76. The highest BCUT2D eigenvalue weighted by molar-refractivity contribution is 7.89. The molecular formula is C21H28N4O6S. The molecule has 1 heterocycles. The van der Waals surface area contributed by atoms with E-state index in [9.17, 15) is 23.3 Å². The molecule has 0 radical (unpaired) electrons. The maximum Gasteiger partial charge on any atom is 0.269 e. The Morgan fingerprint density at radius 2 is 1.94 bits per heavy atom. The summed E-state index contributed by atoms with van der Waals surface area (Å²) in [5.41, 5.74) is 0.767. The van der Waals surface area contributed by atoms with E-state index >= 15 is 0 Å². The van der Waals surface area contributed by atoms with E-state index in [0.717, 1.165) is 35.0 Å². The van der Waals surface area contributed by atoms with Gasteiger partial charge in [0.1, 0.15) is 0 Å². The number of hydrogen-bond acceptors (Lipinski definition) is 6. The lowest BCUT2D eigenvalue weighted by Gasteiger charge is -2.27. The third-order valence-corrected chi connectivity index (χ3v) is 7.30. The summed E-state index contributed by atoms with van der Waals surface area (Å²) in [7, 11) is -0.599. The fourth-order valence-electron chi connectivity index (χ4n) is 3.44. The van der Waals surface area contributed by atoms with Crippen molar-refractivity contribution in [1.82, 2.24) is 13.8 Å². The van der Waals surface area contributed by atoms with E-state index in [0.29, 0.717) is 19.6 Å². The van der Waals surface area contributed by atoms with Gasteiger partial charge in [0.15, 0.2) is 0 Å². The fraction of sp³-hybridized carbons (Fsp3) is 0.476. The molecule has 1 aromatic heterocycles. The summed E-state index contributed by atoms with van der Waals surface area (Å²) in [4.78, 5) is 25.2. The minimum absolute atomic E-state index is 0.0891. The lowest BCUT2D eigenvalue weighted by molar-refractivity contribution is -0.384. The number of aryl methyl sites for hydroxylation is 1. The van der Waals surface area contributed by atoms with Crippen LogP contribution in [0.1, 0.15) is 25.0 Å². The number of amides is 1. The summed E-state index contributed by atoms with van der Waals surface area (Å²) < 4.78 is 34.6. The van der Waals surface area contributed by atoms with E-state index < -0.39 is 14.9 Å². The maximum absolute atomic E-state index is 13.3. The first kappa shape index (κ1) is 23.9. The van der Waals surface area contributed by atoms with Crippen LogP contribution in [0.25, 0.3) is 0 Å². The highest BCUT2D eigenvalue weighted by atomic mass is 32.2. The minimum atomic E-state index is -4.03. The molecule has 0 saturated heterocycles. The summed E-state index contributed by atoms with van der Waals surface area (Å²) >= 11 is 0. The molecule has 1 amide bonds. The van der Waals surface area contributed by atoms with Crippen molar-refractivity contribution in [3.8, 4) is 0 Å². The van der Waals surface area contributed by atoms with Gasteiger partial charge < -0.3 is 14.2 Å². The number of ether oxygens (including phenoxy) is 1. The van der Waals surface area contributed by atoms with Gasteiger partial charge in [0, 0.05) is 57.4 Å². The van der Waals surface area contributed by atoms with Crippen molar-refractivity contribution in [2.75, 3.05) is 26.8 Å². The number of nitro groups is 1. The zero-order valence-electron chi connectivity index (χ0n) is 18.2. The molecule has 11 heteroatoms. The number of hydrogen-bond donors (Lipinski definition) is 0. The summed E-state index contributed by atoms with van der Waals surface area (Å²) in [6, 6.07) is 8.64. The Balaban J connectivity index is 1.81. The molecule has 0 bridgehead atoms. The van der Waals surface area contributed by atoms with Crippen molar-refractivity contribution in [2.24, 2.45) is 7.05 Å². The SMILES string of the molecule is COCCCN(CC(=O)N(Cc1cccn1C)C1CC1)S(=O)(=O)c1ccc([N+](=O)[O-])cc1. The second kappa shape index (κ2) is 10.2. The monoisotopic (exact) mass is 464 g/mol. The Labute approximate surface area is 187 Å². The molecule has 2 aromatic rings. The molecule has 0 N–H and O–H groups in total. The lowest BCUT2D eigenvalue weighted by atomic mass is 10.3. The van der Waals surface area contributed by atoms with Crippen LogP contribution < -0.4 is 0 Å². The van der Waals surface area contributed by atoms with Crippen molar-refractivity contribution in [3.05, 3.63) is 58.4 Å². The molecule has 1 saturated carbocycles. The largest absolute Gasteiger partial charge is 0.385 e. The third kappa shape index (κ3) is 5.72. The first-order valence-electron chi connectivity index (χ1n) is 10.4. The number of nitrogens with zero attached hydrogens (tertiary/aromatic N) is 4. The van der Waals surface area contributed by atoms with Gasteiger partial charge in [-0.3, -0.25) is 14.9 Å². The van der Waals surface area contributed by atoms with Crippen LogP contribution in [-0.2, 0) is 33.1 Å². The first-order valence-corrected chi connectivity index (χ1v) is 11.8. The van der Waals surface area contributed by atoms with Gasteiger partial charge in [-0.25, -0.2) is 8.42 Å². The number of nitro benzene ring substituents is 1. The summed E-state index contributed by atoms with van der Waals surface area (Å²) in [6.45, 7) is 0.554. The molecule has 0 atom stereocenters. The summed E-state index contributed by atoms with van der Waals surface area (Å²) in [5, 5.41) is 10.9. The van der Waals surface area contributed by atoms with Crippen LogP contribution in [0.2, 0.25) is 0 Å². The van der Waals surface area contributed by atoms with Gasteiger partial charge in [-0.15, -0.1) is 0 Å². The number of rotatable bonds is 12. The average Bonchev–Trinajstić information content (AvgIpc) is 3.52. The van der Waals surface area contributed by atoms with Crippen molar-refractivity contribution < 1.29 is 22.9 Å². The topological polar surface area (TPSA) is 115 Å². The van der Waals surface area contributed by atoms with E-state index in [4.69, 9.17) is 4.74 Å². The maximum atomic E-state index is 13.3. The van der Waals surface area contributed by atoms with Gasteiger partial charge in [0.05, 0.1) is 22.9 Å². The Kier molecular flexibility index (Phi) is 7.64. The normalized spacial score (nSPS) is 14.0. The molecule has 32 heavy (non-hydrogen) atoms. The molecule has 10 nitrogen and oxygen atoms in total. The number of non-ortho nitro benzene ring substituents is 1. The van der Waals surface area contributed by atoms with E-state index in [1.54, 1.807) is 4.90 Å². The minimum Gasteiger partial charge on any atom is -0.385 e. The molecular weight excluding hydrogens is 436 g/mol. The number of benzene rings is 1. The van der Waals surface area contributed by atoms with E-state index in [1.807, 2.05) is 29.9 Å². The second-order valence-corrected chi connectivity index (χ2v) is 9.74. The first-order chi connectivity index (χ1) is 15.2. The molecule has 1 fully saturated rings. The van der Waals surface area contributed by atoms with Crippen LogP contribution in [-0.4, -0.2) is 65.9 Å². The Bertz CT molecular complexity index is 1050. The lowest BCUT2D eigenvalue weighted by Crippen LogP contribution is -2.44. The highest BCUT2D eigenvalue weighted by Crippen LogP contribution is 2.29. The molecule has 0 unspecified atom stereocenters. The van der Waals surface area contributed by atoms with E-state index in [-0.39, 0.29) is 35.6 Å². The fourth-order valence-corrected chi connectivity index (χ4v) is 4.87. The van der Waals surface area contributed by atoms with Crippen LogP contribution in [0.4, 0.5) is 5.69 Å². The van der Waals surface area contributed by atoms with Crippen molar-refractivity contribution in [2.45, 2.75) is 36.7 Å². The third-order valence-electron chi connectivity index (χ3n) is 5.44. The Morgan fingerprint density at radius 3 is 2.47 bits per heavy atom. The molecule has 0 spiro atoms. The predicted molar refractivity (Wildman–Crippen MR) is 117 cm³/mol. The molecule has 1 aromatic carbocycles. The number of aromatic nitrogens is 1. The van der Waals surface area contributed by atoms with E-state index in [2.05, 4.69) is 0 Å². The van der Waals surface area contributed by atoms with Crippen LogP contribution in [0.15, 0.2) is 47.5 Å². The predicted octanol–water partition coefficient (Wildman–Crippen LogP) is 2.15. The highest BCUT2D eigenvalue weighted by Gasteiger charge is 2.35. The van der Waals surface area contributed by atoms with Gasteiger partial charge in [0.2, 0.25) is 15.9 Å². The van der Waals surface area contributed by atoms with Gasteiger partial charge in [0.25, 0.3) is 5.69 Å². The quantitative estimate of drug-likeness (QED) is 0.270. The van der Waals surface area contributed by atoms with Crippen LogP contribution in [0, 0.1) is 10.1 Å². The second-order valence-electron chi connectivity index (χ2n) is 7.80. The van der Waals surface area contributed by atoms with Gasteiger partial charge in [-0.05, 0) is 43.5 Å².